The number of hydrogen-bond acceptors (Lipinski definition) is 6. The average molecular weight is 342 g/mol. The quantitative estimate of drug-likeness (QED) is 0.360. The van der Waals surface area contributed by atoms with E-state index in [-0.39, 0.29) is 46.5 Å². The topological polar surface area (TPSA) is 73.3 Å². The van der Waals surface area contributed by atoms with E-state index in [9.17, 15) is 14.7 Å². The Hall–Kier alpha value is -0.730. The Morgan fingerprint density at radius 1 is 1.59 bits per heavy atom. The number of thioether (sulfide) groups is 2. The molecular weight excluding hydrogens is 331 g/mol. The third-order valence-electron chi connectivity index (χ3n) is 3.09. The number of aromatic nitrogens is 1. The zero-order chi connectivity index (χ0) is 15.0. The molecule has 8 heteroatoms. The molecule has 0 saturated carbocycles. The number of carboxylic acids is 1. The van der Waals surface area contributed by atoms with Crippen LogP contribution in [0.2, 0.25) is 0 Å². The Bertz CT molecular complexity index is 676. The summed E-state index contributed by atoms with van der Waals surface area (Å²) in [7, 11) is 0. The molecule has 22 heavy (non-hydrogen) atoms. The van der Waals surface area contributed by atoms with Gasteiger partial charge in [0.2, 0.25) is 0 Å². The molecule has 0 spiro atoms. The van der Waals surface area contributed by atoms with E-state index < -0.39 is 5.97 Å². The number of fused-ring (bicyclic) bond motifs is 1. The summed E-state index contributed by atoms with van der Waals surface area (Å²) in [4.78, 5) is 28.8. The molecule has 1 saturated heterocycles. The van der Waals surface area contributed by atoms with Crippen molar-refractivity contribution < 1.29 is 44.3 Å². The first-order valence-electron chi connectivity index (χ1n) is 6.33. The van der Waals surface area contributed by atoms with Crippen LogP contribution in [0.1, 0.15) is 12.5 Å². The van der Waals surface area contributed by atoms with Crippen LogP contribution in [0.15, 0.2) is 40.0 Å². The van der Waals surface area contributed by atoms with Crippen molar-refractivity contribution in [3.8, 4) is 0 Å². The van der Waals surface area contributed by atoms with Gasteiger partial charge in [0, 0.05) is 12.4 Å². The van der Waals surface area contributed by atoms with Crippen molar-refractivity contribution in [3.05, 3.63) is 45.6 Å². The van der Waals surface area contributed by atoms with E-state index in [1.165, 1.54) is 28.4 Å². The SMILES string of the molecule is CCSC1=C(C(=O)[O-])N2C(=O)C(=Cc3cccnc3)C2S1.[Na+]. The number of carbonyl (C=O) groups excluding carboxylic acids is 2. The molecule has 2 aliphatic rings. The van der Waals surface area contributed by atoms with E-state index in [4.69, 9.17) is 0 Å². The van der Waals surface area contributed by atoms with E-state index in [0.717, 1.165) is 11.3 Å². The van der Waals surface area contributed by atoms with Crippen molar-refractivity contribution in [2.24, 2.45) is 0 Å². The Labute approximate surface area is 158 Å². The fraction of sp³-hybridized carbons (Fsp3) is 0.214. The number of pyridine rings is 1. The van der Waals surface area contributed by atoms with Crippen molar-refractivity contribution in [3.63, 3.8) is 0 Å². The van der Waals surface area contributed by atoms with Gasteiger partial charge in [0.1, 0.15) is 5.37 Å². The minimum Gasteiger partial charge on any atom is -0.543 e. The van der Waals surface area contributed by atoms with Crippen LogP contribution in [0.25, 0.3) is 6.08 Å². The summed E-state index contributed by atoms with van der Waals surface area (Å²) in [6.45, 7) is 1.94. The smallest absolute Gasteiger partial charge is 0.543 e. The van der Waals surface area contributed by atoms with Crippen LogP contribution in [0, 0.1) is 0 Å². The van der Waals surface area contributed by atoms with E-state index >= 15 is 0 Å². The van der Waals surface area contributed by atoms with E-state index in [1.54, 1.807) is 24.5 Å². The number of amides is 1. The summed E-state index contributed by atoms with van der Waals surface area (Å²) in [6, 6.07) is 3.64. The van der Waals surface area contributed by atoms with Gasteiger partial charge in [-0.3, -0.25) is 14.7 Å². The van der Waals surface area contributed by atoms with Gasteiger partial charge >= 0.3 is 29.6 Å². The maximum atomic E-state index is 12.2. The first kappa shape index (κ1) is 17.6. The fourth-order valence-electron chi connectivity index (χ4n) is 2.20. The summed E-state index contributed by atoms with van der Waals surface area (Å²) >= 11 is 2.81. The molecule has 3 rings (SSSR count). The van der Waals surface area contributed by atoms with Crippen molar-refractivity contribution >= 4 is 41.5 Å². The predicted molar refractivity (Wildman–Crippen MR) is 80.6 cm³/mol. The monoisotopic (exact) mass is 342 g/mol. The van der Waals surface area contributed by atoms with Crippen molar-refractivity contribution in [1.29, 1.82) is 0 Å². The molecule has 1 aromatic rings. The third kappa shape index (κ3) is 3.00. The van der Waals surface area contributed by atoms with Gasteiger partial charge in [0.15, 0.2) is 0 Å². The largest absolute Gasteiger partial charge is 1.00 e. The minimum atomic E-state index is -1.30. The number of β-lactam (4-membered cyclic amide) rings is 1. The Morgan fingerprint density at radius 2 is 2.36 bits per heavy atom. The second kappa shape index (κ2) is 7.23. The normalized spacial score (nSPS) is 21.5. The Morgan fingerprint density at radius 3 is 2.95 bits per heavy atom. The first-order chi connectivity index (χ1) is 10.1. The van der Waals surface area contributed by atoms with Crippen LogP contribution < -0.4 is 34.7 Å². The summed E-state index contributed by atoms with van der Waals surface area (Å²) in [5.74, 6) is -0.827. The summed E-state index contributed by atoms with van der Waals surface area (Å²) in [6.07, 6.45) is 5.08. The maximum absolute atomic E-state index is 12.2. The van der Waals surface area contributed by atoms with Crippen molar-refractivity contribution in [2.45, 2.75) is 12.3 Å². The summed E-state index contributed by atoms with van der Waals surface area (Å²) in [5, 5.41) is 11.0. The van der Waals surface area contributed by atoms with Gasteiger partial charge in [-0.25, -0.2) is 0 Å². The number of carbonyl (C=O) groups is 2. The predicted octanol–water partition coefficient (Wildman–Crippen LogP) is -1.94. The number of carboxylic acid groups (broad SMARTS) is 1. The molecule has 1 fully saturated rings. The molecular formula is C14H11N2NaO3S2. The van der Waals surface area contributed by atoms with E-state index in [0.29, 0.717) is 9.81 Å². The van der Waals surface area contributed by atoms with Crippen LogP contribution in [-0.2, 0) is 9.59 Å². The minimum absolute atomic E-state index is 0. The van der Waals surface area contributed by atoms with Crippen LogP contribution in [0.5, 0.6) is 0 Å². The third-order valence-corrected chi connectivity index (χ3v) is 5.58. The van der Waals surface area contributed by atoms with Crippen LogP contribution in [-0.4, -0.2) is 32.9 Å². The summed E-state index contributed by atoms with van der Waals surface area (Å²) < 4.78 is 0.644. The molecule has 0 aromatic carbocycles. The van der Waals surface area contributed by atoms with Crippen LogP contribution in [0.4, 0.5) is 0 Å². The molecule has 1 unspecified atom stereocenters. The molecule has 1 amide bonds. The zero-order valence-corrected chi connectivity index (χ0v) is 15.7. The molecule has 5 nitrogen and oxygen atoms in total. The van der Waals surface area contributed by atoms with Crippen molar-refractivity contribution in [2.75, 3.05) is 5.75 Å². The molecule has 108 valence electrons. The molecule has 1 aromatic heterocycles. The van der Waals surface area contributed by atoms with Gasteiger partial charge in [0.25, 0.3) is 5.91 Å². The standard InChI is InChI=1S/C14H12N2O3S2.Na/c1-2-20-14-10(13(18)19)16-11(17)9(12(16)21-14)6-8-4-3-5-15-7-8;/h3-7,12H,2H2,1H3,(H,18,19);/q;+1/p-1. The molecule has 0 radical (unpaired) electrons. The Balaban J connectivity index is 0.00000176. The molecule has 0 N–H and O–H groups in total. The molecule has 0 aliphatic carbocycles. The molecule has 1 atom stereocenters. The molecule has 2 aliphatic heterocycles. The second-order valence-corrected chi connectivity index (χ2v) is 7.01. The van der Waals surface area contributed by atoms with Crippen molar-refractivity contribution in [1.82, 2.24) is 9.88 Å². The molecule has 3 heterocycles. The van der Waals surface area contributed by atoms with Crippen LogP contribution in [0.3, 0.4) is 0 Å². The number of rotatable bonds is 4. The van der Waals surface area contributed by atoms with Gasteiger partial charge in [-0.15, -0.1) is 11.8 Å². The maximum Gasteiger partial charge on any atom is 1.00 e. The van der Waals surface area contributed by atoms with Gasteiger partial charge in [-0.1, -0.05) is 24.8 Å². The van der Waals surface area contributed by atoms with E-state index in [1.807, 2.05) is 13.0 Å². The summed E-state index contributed by atoms with van der Waals surface area (Å²) in [5.41, 5.74) is 1.43. The number of aliphatic carboxylic acids is 1. The van der Waals surface area contributed by atoms with Gasteiger partial charge in [-0.05, 0) is 23.5 Å². The Kier molecular flexibility index (Phi) is 5.79. The number of hydrogen-bond donors (Lipinski definition) is 0. The van der Waals surface area contributed by atoms with E-state index in [2.05, 4.69) is 4.98 Å². The number of nitrogens with zero attached hydrogens (tertiary/aromatic N) is 2. The van der Waals surface area contributed by atoms with Gasteiger partial charge in [-0.2, -0.15) is 0 Å². The second-order valence-electron chi connectivity index (χ2n) is 4.39. The average Bonchev–Trinajstić information content (AvgIpc) is 2.82. The first-order valence-corrected chi connectivity index (χ1v) is 8.20. The van der Waals surface area contributed by atoms with Gasteiger partial charge in [0.05, 0.1) is 21.5 Å². The molecule has 0 bridgehead atoms. The zero-order valence-electron chi connectivity index (χ0n) is 12.1. The fourth-order valence-corrected chi connectivity index (χ4v) is 4.78. The van der Waals surface area contributed by atoms with Gasteiger partial charge < -0.3 is 9.90 Å². The van der Waals surface area contributed by atoms with Crippen LogP contribution >= 0.6 is 23.5 Å².